The monoisotopic (exact) mass is 732 g/mol. The van der Waals surface area contributed by atoms with Gasteiger partial charge >= 0.3 is 0 Å². The molecule has 2 fully saturated rings. The van der Waals surface area contributed by atoms with Gasteiger partial charge in [-0.3, -0.25) is 9.48 Å². The third-order valence-corrected chi connectivity index (χ3v) is 11.1. The minimum Gasteiger partial charge on any atom is -0.392 e. The minimum absolute atomic E-state index is 0.0257. The number of allylic oxidation sites excluding steroid dienone is 3. The predicted molar refractivity (Wildman–Crippen MR) is 218 cm³/mol. The number of carbonyl (C=O) groups excluding carboxylic acids is 1. The Bertz CT molecular complexity index is 2120. The number of piperidine rings is 2. The molecule has 5 heterocycles. The summed E-state index contributed by atoms with van der Waals surface area (Å²) in [5, 5.41) is 19.5. The lowest BCUT2D eigenvalue weighted by Crippen LogP contribution is -2.37. The number of amides is 1. The van der Waals surface area contributed by atoms with Gasteiger partial charge in [0.25, 0.3) is 0 Å². The van der Waals surface area contributed by atoms with Crippen LogP contribution in [0.2, 0.25) is 5.02 Å². The number of likely N-dealkylation sites (N-methyl/N-ethyl adjacent to an activating group) is 1. The van der Waals surface area contributed by atoms with Crippen molar-refractivity contribution in [3.8, 4) is 0 Å². The van der Waals surface area contributed by atoms with Crippen LogP contribution in [0.1, 0.15) is 62.1 Å². The summed E-state index contributed by atoms with van der Waals surface area (Å²) in [5.74, 6) is 1.44. The van der Waals surface area contributed by atoms with Crippen LogP contribution >= 0.6 is 11.6 Å². The van der Waals surface area contributed by atoms with E-state index in [1.807, 2.05) is 30.9 Å². The second-order valence-corrected chi connectivity index (χ2v) is 14.8. The molecule has 2 aromatic heterocycles. The Hall–Kier alpha value is -5.29. The summed E-state index contributed by atoms with van der Waals surface area (Å²) >= 11 is 6.66. The molecular weight excluding hydrogens is 684 g/mol. The second kappa shape index (κ2) is 15.4. The average molecular weight is 733 g/mol. The molecule has 276 valence electrons. The normalized spacial score (nSPS) is 18.8. The van der Waals surface area contributed by atoms with Crippen LogP contribution in [0.4, 0.5) is 28.8 Å². The molecule has 3 aliphatic rings. The number of fused-ring (bicyclic) bond motifs is 2. The molecule has 4 N–H and O–H groups in total. The van der Waals surface area contributed by atoms with Gasteiger partial charge in [0.15, 0.2) is 5.82 Å². The summed E-state index contributed by atoms with van der Waals surface area (Å²) in [6.45, 7) is 14.9. The lowest BCUT2D eigenvalue weighted by atomic mass is 9.92. The molecule has 2 atom stereocenters. The lowest BCUT2D eigenvalue weighted by molar-refractivity contribution is -0.122. The summed E-state index contributed by atoms with van der Waals surface area (Å²) in [6.07, 6.45) is 10.3. The van der Waals surface area contributed by atoms with Gasteiger partial charge in [-0.2, -0.15) is 10.1 Å². The van der Waals surface area contributed by atoms with Crippen molar-refractivity contribution in [1.82, 2.24) is 30.4 Å². The van der Waals surface area contributed by atoms with E-state index in [0.29, 0.717) is 22.7 Å². The number of aryl methyl sites for hydroxylation is 1. The molecule has 2 saturated heterocycles. The van der Waals surface area contributed by atoms with Crippen molar-refractivity contribution in [1.29, 1.82) is 0 Å². The van der Waals surface area contributed by atoms with Crippen molar-refractivity contribution in [2.75, 3.05) is 54.2 Å². The van der Waals surface area contributed by atoms with Gasteiger partial charge in [0.2, 0.25) is 11.9 Å². The predicted octanol–water partition coefficient (Wildman–Crippen LogP) is 7.85. The first-order chi connectivity index (χ1) is 25.6. The van der Waals surface area contributed by atoms with Crippen molar-refractivity contribution in [3.63, 3.8) is 0 Å². The number of carbonyl (C=O) groups is 1. The smallest absolute Gasteiger partial charge is 0.233 e. The number of benzene rings is 2. The molecule has 0 radical (unpaired) electrons. The van der Waals surface area contributed by atoms with E-state index in [4.69, 9.17) is 21.7 Å². The number of rotatable bonds is 12. The van der Waals surface area contributed by atoms with E-state index in [0.717, 1.165) is 121 Å². The van der Waals surface area contributed by atoms with Gasteiger partial charge in [0.1, 0.15) is 5.02 Å². The summed E-state index contributed by atoms with van der Waals surface area (Å²) in [5.41, 5.74) is 9.94. The fourth-order valence-corrected chi connectivity index (χ4v) is 7.88. The van der Waals surface area contributed by atoms with Gasteiger partial charge in [0.05, 0.1) is 29.0 Å². The number of nitrogens with one attached hydrogen (secondary N) is 4. The van der Waals surface area contributed by atoms with E-state index in [1.165, 1.54) is 5.57 Å². The summed E-state index contributed by atoms with van der Waals surface area (Å²) in [7, 11) is 5.90. The van der Waals surface area contributed by atoms with E-state index in [2.05, 4.69) is 93.2 Å². The Morgan fingerprint density at radius 2 is 2.00 bits per heavy atom. The van der Waals surface area contributed by atoms with E-state index in [1.54, 1.807) is 6.20 Å². The van der Waals surface area contributed by atoms with E-state index >= 15 is 0 Å². The van der Waals surface area contributed by atoms with E-state index in [-0.39, 0.29) is 11.8 Å². The fourth-order valence-electron chi connectivity index (χ4n) is 7.74. The highest BCUT2D eigenvalue weighted by Crippen LogP contribution is 2.38. The highest BCUT2D eigenvalue weighted by atomic mass is 35.5. The molecule has 4 aromatic rings. The molecule has 11 nitrogen and oxygen atoms in total. The Labute approximate surface area is 316 Å². The molecule has 12 heteroatoms. The lowest BCUT2D eigenvalue weighted by Gasteiger charge is -2.33. The van der Waals surface area contributed by atoms with Crippen LogP contribution in [-0.4, -0.2) is 59.4 Å². The van der Waals surface area contributed by atoms with Gasteiger partial charge in [-0.05, 0) is 86.8 Å². The maximum Gasteiger partial charge on any atom is 0.233 e. The molecule has 2 aromatic carbocycles. The SMILES string of the molecule is C=C(CCC1=Cc2cc(Nc3nc(N4CCC[C@@H](CCNc5cccc6c(C7CCC(=C)NC7=O)nn(C)c56)C4)ncc3Cl)ccc2N(C)C1=C)NC. The molecule has 53 heavy (non-hydrogen) atoms. The maximum atomic E-state index is 12.8. The molecule has 0 aliphatic carbocycles. The van der Waals surface area contributed by atoms with Gasteiger partial charge in [0, 0.05) is 80.2 Å². The first kappa shape index (κ1) is 36.1. The fraction of sp³-hybridized carbons (Fsp3) is 0.366. The zero-order valence-electron chi connectivity index (χ0n) is 30.9. The summed E-state index contributed by atoms with van der Waals surface area (Å²) < 4.78 is 1.90. The standard InChI is InChI=1S/C41H49ClN10O/c1-25(43-4)12-14-29-21-30-22-31(15-17-36(30)50(5)27(29)3)47-39-34(42)23-45-41(48-39)52-20-8-9-28(24-52)18-19-44-35-11-7-10-32-37(49-51(6)38(32)35)33-16-13-26(2)46-40(33)53/h7,10-11,15,17,21-23,28,33,43-44H,1-3,8-9,12-14,16,18-20,24H2,4-6H3,(H,46,53)(H,45,47,48)/t28-,33?/m0/s1. The summed E-state index contributed by atoms with van der Waals surface area (Å²) in [6, 6.07) is 12.5. The topological polar surface area (TPSA) is 115 Å². The van der Waals surface area contributed by atoms with Crippen LogP contribution in [0.25, 0.3) is 17.0 Å². The molecule has 0 saturated carbocycles. The Kier molecular flexibility index (Phi) is 10.5. The van der Waals surface area contributed by atoms with Crippen LogP contribution in [0.15, 0.2) is 85.0 Å². The van der Waals surface area contributed by atoms with Gasteiger partial charge in [-0.15, -0.1) is 0 Å². The number of nitrogens with zero attached hydrogens (tertiary/aromatic N) is 6. The average Bonchev–Trinajstić information content (AvgIpc) is 3.49. The highest BCUT2D eigenvalue weighted by Gasteiger charge is 2.30. The van der Waals surface area contributed by atoms with Crippen LogP contribution in [-0.2, 0) is 11.8 Å². The van der Waals surface area contributed by atoms with Crippen LogP contribution in [0.3, 0.4) is 0 Å². The van der Waals surface area contributed by atoms with Crippen LogP contribution in [0.5, 0.6) is 0 Å². The molecule has 1 unspecified atom stereocenters. The van der Waals surface area contributed by atoms with Crippen molar-refractivity contribution in [2.45, 2.75) is 50.9 Å². The number of anilines is 5. The molecule has 0 spiro atoms. The quantitative estimate of drug-likeness (QED) is 0.116. The number of aromatic nitrogens is 4. The Morgan fingerprint density at radius 1 is 1.15 bits per heavy atom. The van der Waals surface area contributed by atoms with Crippen molar-refractivity contribution < 1.29 is 4.79 Å². The number of hydrogen-bond acceptors (Lipinski definition) is 9. The molecule has 1 amide bonds. The maximum absolute atomic E-state index is 12.8. The van der Waals surface area contributed by atoms with Crippen molar-refractivity contribution in [2.24, 2.45) is 13.0 Å². The molecule has 0 bridgehead atoms. The van der Waals surface area contributed by atoms with Crippen LogP contribution < -0.4 is 31.1 Å². The largest absolute Gasteiger partial charge is 0.392 e. The number of hydrogen-bond donors (Lipinski definition) is 4. The van der Waals surface area contributed by atoms with Crippen molar-refractivity contribution in [3.05, 3.63) is 101 Å². The first-order valence-electron chi connectivity index (χ1n) is 18.5. The summed E-state index contributed by atoms with van der Waals surface area (Å²) in [4.78, 5) is 26.8. The van der Waals surface area contributed by atoms with Crippen LogP contribution in [0, 0.1) is 5.92 Å². The third-order valence-electron chi connectivity index (χ3n) is 10.8. The molecule has 7 rings (SSSR count). The molecular formula is C41H49ClN10O. The zero-order valence-corrected chi connectivity index (χ0v) is 31.7. The Morgan fingerprint density at radius 3 is 2.81 bits per heavy atom. The Balaban J connectivity index is 0.999. The zero-order chi connectivity index (χ0) is 37.2. The van der Waals surface area contributed by atoms with Gasteiger partial charge in [-0.1, -0.05) is 43.5 Å². The van der Waals surface area contributed by atoms with Gasteiger partial charge in [-0.25, -0.2) is 4.98 Å². The highest BCUT2D eigenvalue weighted by molar-refractivity contribution is 6.32. The third kappa shape index (κ3) is 7.62. The van der Waals surface area contributed by atoms with Crippen molar-refractivity contribution >= 4 is 63.3 Å². The van der Waals surface area contributed by atoms with E-state index < -0.39 is 0 Å². The number of halogens is 1. The molecule has 3 aliphatic heterocycles. The second-order valence-electron chi connectivity index (χ2n) is 14.4. The van der Waals surface area contributed by atoms with E-state index in [9.17, 15) is 4.79 Å². The first-order valence-corrected chi connectivity index (χ1v) is 18.8. The minimum atomic E-state index is -0.274. The van der Waals surface area contributed by atoms with Gasteiger partial charge < -0.3 is 31.1 Å². The number of para-hydroxylation sites is 1.